The van der Waals surface area contributed by atoms with Crippen LogP contribution in [0.4, 0.5) is 0 Å². The Labute approximate surface area is 141 Å². The Hall–Kier alpha value is -2.21. The molecular weight excluding hydrogens is 302 g/mol. The Morgan fingerprint density at radius 3 is 2.75 bits per heavy atom. The van der Waals surface area contributed by atoms with Crippen LogP contribution in [0.25, 0.3) is 0 Å². The molecule has 1 aliphatic heterocycles. The lowest BCUT2D eigenvalue weighted by Crippen LogP contribution is -2.31. The third-order valence-electron chi connectivity index (χ3n) is 5.13. The van der Waals surface area contributed by atoms with Crippen molar-refractivity contribution in [3.05, 3.63) is 47.3 Å². The average molecular weight is 325 g/mol. The quantitative estimate of drug-likeness (QED) is 0.899. The van der Waals surface area contributed by atoms with Crippen molar-refractivity contribution >= 4 is 5.91 Å². The van der Waals surface area contributed by atoms with Crippen LogP contribution < -0.4 is 10.6 Å². The van der Waals surface area contributed by atoms with Gasteiger partial charge in [-0.05, 0) is 44.8 Å². The lowest BCUT2D eigenvalue weighted by atomic mass is 10.1. The summed E-state index contributed by atoms with van der Waals surface area (Å²) in [5.74, 6) is 0.325. The number of carbonyl (C=O) groups excluding carboxylic acids is 1. The zero-order valence-electron chi connectivity index (χ0n) is 13.9. The standard InChI is InChI=1S/C18H23N5O/c1-12-17(21-22-23(12)14-7-9-19-10-8-14)18(24)20-16-11-15(16)13-5-3-2-4-6-13/h2-6,14-16,19H,7-11H2,1H3,(H,20,24). The maximum absolute atomic E-state index is 12.5. The van der Waals surface area contributed by atoms with E-state index in [9.17, 15) is 4.79 Å². The van der Waals surface area contributed by atoms with Gasteiger partial charge in [-0.1, -0.05) is 35.5 Å². The van der Waals surface area contributed by atoms with E-state index in [1.54, 1.807) is 0 Å². The zero-order chi connectivity index (χ0) is 16.5. The molecule has 1 amide bonds. The second-order valence-electron chi connectivity index (χ2n) is 6.78. The van der Waals surface area contributed by atoms with Gasteiger partial charge in [0, 0.05) is 12.0 Å². The first-order chi connectivity index (χ1) is 11.7. The van der Waals surface area contributed by atoms with E-state index in [0.717, 1.165) is 38.0 Å². The first kappa shape index (κ1) is 15.3. The summed E-state index contributed by atoms with van der Waals surface area (Å²) >= 11 is 0. The van der Waals surface area contributed by atoms with E-state index in [1.165, 1.54) is 5.56 Å². The van der Waals surface area contributed by atoms with Crippen LogP contribution in [0.2, 0.25) is 0 Å². The Balaban J connectivity index is 1.41. The molecule has 4 rings (SSSR count). The molecule has 0 bridgehead atoms. The predicted molar refractivity (Wildman–Crippen MR) is 91.0 cm³/mol. The summed E-state index contributed by atoms with van der Waals surface area (Å²) in [6.07, 6.45) is 3.06. The highest BCUT2D eigenvalue weighted by Gasteiger charge is 2.40. The van der Waals surface area contributed by atoms with Crippen molar-refractivity contribution in [2.75, 3.05) is 13.1 Å². The molecule has 2 unspecified atom stereocenters. The number of hydrogen-bond acceptors (Lipinski definition) is 4. The van der Waals surface area contributed by atoms with Crippen molar-refractivity contribution < 1.29 is 4.79 Å². The molecule has 2 aliphatic rings. The Morgan fingerprint density at radius 2 is 2.00 bits per heavy atom. The Bertz CT molecular complexity index is 720. The lowest BCUT2D eigenvalue weighted by molar-refractivity contribution is 0.0944. The van der Waals surface area contributed by atoms with Crippen molar-refractivity contribution in [2.24, 2.45) is 0 Å². The summed E-state index contributed by atoms with van der Waals surface area (Å²) in [4.78, 5) is 12.5. The van der Waals surface area contributed by atoms with Crippen LogP contribution in [0.15, 0.2) is 30.3 Å². The topological polar surface area (TPSA) is 71.8 Å². The van der Waals surface area contributed by atoms with Gasteiger partial charge in [0.15, 0.2) is 5.69 Å². The molecule has 1 aromatic carbocycles. The molecule has 24 heavy (non-hydrogen) atoms. The number of hydrogen-bond donors (Lipinski definition) is 2. The van der Waals surface area contributed by atoms with Gasteiger partial charge >= 0.3 is 0 Å². The fourth-order valence-electron chi connectivity index (χ4n) is 3.61. The van der Waals surface area contributed by atoms with E-state index in [1.807, 2.05) is 29.8 Å². The van der Waals surface area contributed by atoms with E-state index in [0.29, 0.717) is 17.7 Å². The van der Waals surface area contributed by atoms with Crippen LogP contribution in [0.1, 0.15) is 53.0 Å². The number of aromatic nitrogens is 3. The zero-order valence-corrected chi connectivity index (χ0v) is 13.9. The van der Waals surface area contributed by atoms with Crippen molar-refractivity contribution in [3.63, 3.8) is 0 Å². The van der Waals surface area contributed by atoms with Gasteiger partial charge in [0.1, 0.15) is 0 Å². The van der Waals surface area contributed by atoms with Crippen LogP contribution in [0.3, 0.4) is 0 Å². The Morgan fingerprint density at radius 1 is 1.25 bits per heavy atom. The van der Waals surface area contributed by atoms with E-state index in [4.69, 9.17) is 0 Å². The second kappa shape index (κ2) is 6.36. The molecule has 2 aromatic rings. The summed E-state index contributed by atoms with van der Waals surface area (Å²) < 4.78 is 1.93. The predicted octanol–water partition coefficient (Wildman–Crippen LogP) is 1.80. The third kappa shape index (κ3) is 2.94. The smallest absolute Gasteiger partial charge is 0.273 e. The molecular formula is C18H23N5O. The van der Waals surface area contributed by atoms with Crippen LogP contribution in [-0.4, -0.2) is 40.0 Å². The van der Waals surface area contributed by atoms with Gasteiger partial charge < -0.3 is 10.6 Å². The maximum Gasteiger partial charge on any atom is 0.273 e. The van der Waals surface area contributed by atoms with Gasteiger partial charge in [0.25, 0.3) is 5.91 Å². The highest BCUT2D eigenvalue weighted by molar-refractivity contribution is 5.93. The van der Waals surface area contributed by atoms with Crippen LogP contribution in [0.5, 0.6) is 0 Å². The van der Waals surface area contributed by atoms with Gasteiger partial charge in [-0.25, -0.2) is 4.68 Å². The van der Waals surface area contributed by atoms with E-state index in [-0.39, 0.29) is 11.9 Å². The number of piperidine rings is 1. The molecule has 1 aromatic heterocycles. The van der Waals surface area contributed by atoms with Crippen molar-refractivity contribution in [1.82, 2.24) is 25.6 Å². The molecule has 2 heterocycles. The fourth-order valence-corrected chi connectivity index (χ4v) is 3.61. The molecule has 0 radical (unpaired) electrons. The molecule has 6 nitrogen and oxygen atoms in total. The van der Waals surface area contributed by atoms with Crippen molar-refractivity contribution in [1.29, 1.82) is 0 Å². The molecule has 6 heteroatoms. The van der Waals surface area contributed by atoms with Crippen LogP contribution in [0, 0.1) is 6.92 Å². The largest absolute Gasteiger partial charge is 0.347 e. The minimum Gasteiger partial charge on any atom is -0.347 e. The van der Waals surface area contributed by atoms with Crippen molar-refractivity contribution in [2.45, 2.75) is 44.2 Å². The van der Waals surface area contributed by atoms with Gasteiger partial charge in [-0.3, -0.25) is 4.79 Å². The molecule has 0 spiro atoms. The Kier molecular flexibility index (Phi) is 4.06. The number of rotatable bonds is 4. The summed E-state index contributed by atoms with van der Waals surface area (Å²) in [5, 5.41) is 14.8. The van der Waals surface area contributed by atoms with E-state index in [2.05, 4.69) is 33.1 Å². The maximum atomic E-state index is 12.5. The number of carbonyl (C=O) groups is 1. The minimum absolute atomic E-state index is 0.101. The summed E-state index contributed by atoms with van der Waals surface area (Å²) in [6, 6.07) is 10.9. The second-order valence-corrected chi connectivity index (χ2v) is 6.78. The normalized spacial score (nSPS) is 23.9. The third-order valence-corrected chi connectivity index (χ3v) is 5.13. The summed E-state index contributed by atoms with van der Waals surface area (Å²) in [7, 11) is 0. The monoisotopic (exact) mass is 325 g/mol. The van der Waals surface area contributed by atoms with Crippen LogP contribution >= 0.6 is 0 Å². The molecule has 2 N–H and O–H groups in total. The molecule has 1 saturated carbocycles. The molecule has 126 valence electrons. The first-order valence-electron chi connectivity index (χ1n) is 8.72. The highest BCUT2D eigenvalue weighted by atomic mass is 16.2. The average Bonchev–Trinajstić information content (AvgIpc) is 3.28. The minimum atomic E-state index is -0.101. The van der Waals surface area contributed by atoms with Gasteiger partial charge in [-0.2, -0.15) is 0 Å². The molecule has 2 atom stereocenters. The fraction of sp³-hybridized carbons (Fsp3) is 0.500. The highest BCUT2D eigenvalue weighted by Crippen LogP contribution is 2.40. The van der Waals surface area contributed by atoms with Gasteiger partial charge in [0.2, 0.25) is 0 Å². The SMILES string of the molecule is Cc1c(C(=O)NC2CC2c2ccccc2)nnn1C1CCNCC1. The summed E-state index contributed by atoms with van der Waals surface area (Å²) in [6.45, 7) is 3.93. The van der Waals surface area contributed by atoms with E-state index >= 15 is 0 Å². The molecule has 1 saturated heterocycles. The number of nitrogens with one attached hydrogen (secondary N) is 2. The number of benzene rings is 1. The van der Waals surface area contributed by atoms with E-state index < -0.39 is 0 Å². The van der Waals surface area contributed by atoms with Crippen LogP contribution in [-0.2, 0) is 0 Å². The molecule has 2 fully saturated rings. The first-order valence-corrected chi connectivity index (χ1v) is 8.72. The molecule has 1 aliphatic carbocycles. The lowest BCUT2D eigenvalue weighted by Gasteiger charge is -2.23. The van der Waals surface area contributed by atoms with Crippen molar-refractivity contribution in [3.8, 4) is 0 Å². The summed E-state index contributed by atoms with van der Waals surface area (Å²) in [5.41, 5.74) is 2.63. The number of amides is 1. The van der Waals surface area contributed by atoms with Gasteiger partial charge in [-0.15, -0.1) is 5.10 Å². The number of nitrogens with zero attached hydrogens (tertiary/aromatic N) is 3. The van der Waals surface area contributed by atoms with Gasteiger partial charge in [0.05, 0.1) is 11.7 Å².